The Morgan fingerprint density at radius 3 is 2.59 bits per heavy atom. The van der Waals surface area contributed by atoms with Gasteiger partial charge < -0.3 is 15.4 Å². The Hall–Kier alpha value is -3.34. The molecule has 0 fully saturated rings. The van der Waals surface area contributed by atoms with Crippen molar-refractivity contribution >= 4 is 17.4 Å². The van der Waals surface area contributed by atoms with Gasteiger partial charge in [-0.1, -0.05) is 37.3 Å². The van der Waals surface area contributed by atoms with Gasteiger partial charge in [-0.15, -0.1) is 0 Å². The number of ether oxygens (including phenoxy) is 1. The summed E-state index contributed by atoms with van der Waals surface area (Å²) in [5.74, 6) is 1.33. The Morgan fingerprint density at radius 2 is 1.85 bits per heavy atom. The first-order valence-corrected chi connectivity index (χ1v) is 8.91. The Balaban J connectivity index is 1.66. The molecule has 0 saturated carbocycles. The first-order valence-electron chi connectivity index (χ1n) is 8.91. The number of anilines is 2. The Labute approximate surface area is 159 Å². The van der Waals surface area contributed by atoms with Crippen LogP contribution in [0.2, 0.25) is 0 Å². The van der Waals surface area contributed by atoms with Crippen LogP contribution in [0.3, 0.4) is 0 Å². The maximum atomic E-state index is 12.6. The van der Waals surface area contributed by atoms with Gasteiger partial charge in [-0.2, -0.15) is 0 Å². The second-order valence-corrected chi connectivity index (χ2v) is 6.10. The quantitative estimate of drug-likeness (QED) is 0.650. The van der Waals surface area contributed by atoms with E-state index in [4.69, 9.17) is 4.74 Å². The van der Waals surface area contributed by atoms with Crippen molar-refractivity contribution in [3.05, 3.63) is 83.6 Å². The fourth-order valence-electron chi connectivity index (χ4n) is 2.75. The van der Waals surface area contributed by atoms with E-state index in [1.807, 2.05) is 48.5 Å². The van der Waals surface area contributed by atoms with Crippen LogP contribution in [0.5, 0.6) is 5.75 Å². The minimum Gasteiger partial charge on any atom is -0.497 e. The fourth-order valence-corrected chi connectivity index (χ4v) is 2.75. The predicted molar refractivity (Wildman–Crippen MR) is 108 cm³/mol. The second kappa shape index (κ2) is 8.85. The molecule has 0 aliphatic rings. The number of methoxy groups -OCH3 is 1. The maximum absolute atomic E-state index is 12.6. The number of carbonyl (C=O) groups is 1. The van der Waals surface area contributed by atoms with Crippen LogP contribution in [-0.4, -0.2) is 18.0 Å². The molecule has 0 spiro atoms. The van der Waals surface area contributed by atoms with Crippen LogP contribution in [-0.2, 0) is 13.0 Å². The average molecular weight is 361 g/mol. The third kappa shape index (κ3) is 4.85. The summed E-state index contributed by atoms with van der Waals surface area (Å²) in [5.41, 5.74) is 3.62. The van der Waals surface area contributed by atoms with Gasteiger partial charge in [-0.3, -0.25) is 4.79 Å². The zero-order chi connectivity index (χ0) is 19.1. The number of aromatic nitrogens is 1. The first kappa shape index (κ1) is 18.5. The lowest BCUT2D eigenvalue weighted by molar-refractivity contribution is 0.102. The number of hydrogen-bond donors (Lipinski definition) is 2. The molecule has 1 amide bonds. The number of hydrogen-bond acceptors (Lipinski definition) is 4. The number of amides is 1. The maximum Gasteiger partial charge on any atom is 0.255 e. The first-order chi connectivity index (χ1) is 13.2. The van der Waals surface area contributed by atoms with Gasteiger partial charge in [0.25, 0.3) is 5.91 Å². The van der Waals surface area contributed by atoms with Gasteiger partial charge in [-0.25, -0.2) is 4.98 Å². The molecule has 0 aliphatic carbocycles. The zero-order valence-corrected chi connectivity index (χ0v) is 15.5. The zero-order valence-electron chi connectivity index (χ0n) is 15.5. The van der Waals surface area contributed by atoms with Crippen molar-refractivity contribution in [2.24, 2.45) is 0 Å². The predicted octanol–water partition coefficient (Wildman–Crippen LogP) is 4.52. The van der Waals surface area contributed by atoms with E-state index < -0.39 is 0 Å². The van der Waals surface area contributed by atoms with Crippen molar-refractivity contribution in [3.8, 4) is 5.75 Å². The monoisotopic (exact) mass is 361 g/mol. The molecule has 27 heavy (non-hydrogen) atoms. The van der Waals surface area contributed by atoms with Gasteiger partial charge in [0, 0.05) is 24.0 Å². The molecule has 0 aliphatic heterocycles. The SMILES string of the molecule is CCc1ccccc1NC(=O)c1ccnc(NCc2ccc(OC)cc2)c1. The Bertz CT molecular complexity index is 907. The van der Waals surface area contributed by atoms with Crippen molar-refractivity contribution in [1.82, 2.24) is 4.98 Å². The highest BCUT2D eigenvalue weighted by atomic mass is 16.5. The number of benzene rings is 2. The normalized spacial score (nSPS) is 10.3. The highest BCUT2D eigenvalue weighted by molar-refractivity contribution is 6.05. The lowest BCUT2D eigenvalue weighted by Gasteiger charge is -2.11. The summed E-state index contributed by atoms with van der Waals surface area (Å²) in [6.07, 6.45) is 2.50. The van der Waals surface area contributed by atoms with Crippen LogP contribution in [0, 0.1) is 0 Å². The molecule has 5 heteroatoms. The molecule has 2 aromatic carbocycles. The topological polar surface area (TPSA) is 63.2 Å². The molecule has 3 aromatic rings. The van der Waals surface area contributed by atoms with Crippen molar-refractivity contribution in [2.75, 3.05) is 17.7 Å². The molecule has 3 rings (SSSR count). The van der Waals surface area contributed by atoms with E-state index in [1.54, 1.807) is 25.4 Å². The lowest BCUT2D eigenvalue weighted by atomic mass is 10.1. The van der Waals surface area contributed by atoms with Crippen LogP contribution in [0.1, 0.15) is 28.4 Å². The molecule has 138 valence electrons. The Morgan fingerprint density at radius 1 is 1.07 bits per heavy atom. The van der Waals surface area contributed by atoms with E-state index in [-0.39, 0.29) is 5.91 Å². The number of nitrogens with zero attached hydrogens (tertiary/aromatic N) is 1. The summed E-state index contributed by atoms with van der Waals surface area (Å²) < 4.78 is 5.16. The van der Waals surface area contributed by atoms with Gasteiger partial charge in [0.2, 0.25) is 0 Å². The highest BCUT2D eigenvalue weighted by Gasteiger charge is 2.09. The number of aryl methyl sites for hydroxylation is 1. The van der Waals surface area contributed by atoms with E-state index in [0.717, 1.165) is 29.0 Å². The standard InChI is InChI=1S/C22H23N3O2/c1-3-17-6-4-5-7-20(17)25-22(26)18-12-13-23-21(14-18)24-15-16-8-10-19(27-2)11-9-16/h4-14H,3,15H2,1-2H3,(H,23,24)(H,25,26). The van der Waals surface area contributed by atoms with Crippen molar-refractivity contribution in [2.45, 2.75) is 19.9 Å². The van der Waals surface area contributed by atoms with Crippen LogP contribution in [0.25, 0.3) is 0 Å². The second-order valence-electron chi connectivity index (χ2n) is 6.10. The highest BCUT2D eigenvalue weighted by Crippen LogP contribution is 2.18. The molecule has 0 bridgehead atoms. The minimum absolute atomic E-state index is 0.147. The number of pyridine rings is 1. The van der Waals surface area contributed by atoms with Gasteiger partial charge in [0.05, 0.1) is 7.11 Å². The molecule has 1 heterocycles. The summed E-state index contributed by atoms with van der Waals surface area (Å²) in [6.45, 7) is 2.68. The van der Waals surface area contributed by atoms with E-state index in [0.29, 0.717) is 17.9 Å². The van der Waals surface area contributed by atoms with Crippen molar-refractivity contribution < 1.29 is 9.53 Å². The summed E-state index contributed by atoms with van der Waals surface area (Å²) in [6, 6.07) is 19.1. The van der Waals surface area contributed by atoms with Crippen LogP contribution >= 0.6 is 0 Å². The van der Waals surface area contributed by atoms with Crippen molar-refractivity contribution in [3.63, 3.8) is 0 Å². The van der Waals surface area contributed by atoms with Crippen LogP contribution < -0.4 is 15.4 Å². The minimum atomic E-state index is -0.147. The molecule has 2 N–H and O–H groups in total. The molecule has 1 aromatic heterocycles. The summed E-state index contributed by atoms with van der Waals surface area (Å²) in [4.78, 5) is 16.9. The Kier molecular flexibility index (Phi) is 6.05. The van der Waals surface area contributed by atoms with Gasteiger partial charge in [0.1, 0.15) is 11.6 Å². The molecule has 0 radical (unpaired) electrons. The molecule has 5 nitrogen and oxygen atoms in total. The molecular weight excluding hydrogens is 338 g/mol. The number of para-hydroxylation sites is 1. The van der Waals surface area contributed by atoms with E-state index in [1.165, 1.54) is 0 Å². The van der Waals surface area contributed by atoms with Gasteiger partial charge in [0.15, 0.2) is 0 Å². The third-order valence-corrected chi connectivity index (χ3v) is 4.30. The number of carbonyl (C=O) groups excluding carboxylic acids is 1. The third-order valence-electron chi connectivity index (χ3n) is 4.30. The van der Waals surface area contributed by atoms with Crippen molar-refractivity contribution in [1.29, 1.82) is 0 Å². The molecule has 0 atom stereocenters. The number of rotatable bonds is 7. The molecular formula is C22H23N3O2. The smallest absolute Gasteiger partial charge is 0.255 e. The molecule has 0 saturated heterocycles. The number of nitrogens with one attached hydrogen (secondary N) is 2. The van der Waals surface area contributed by atoms with Gasteiger partial charge >= 0.3 is 0 Å². The van der Waals surface area contributed by atoms with Crippen LogP contribution in [0.15, 0.2) is 66.9 Å². The van der Waals surface area contributed by atoms with E-state index in [2.05, 4.69) is 22.5 Å². The molecule has 0 unspecified atom stereocenters. The largest absolute Gasteiger partial charge is 0.497 e. The van der Waals surface area contributed by atoms with E-state index >= 15 is 0 Å². The van der Waals surface area contributed by atoms with E-state index in [9.17, 15) is 4.79 Å². The average Bonchev–Trinajstić information content (AvgIpc) is 2.73. The lowest BCUT2D eigenvalue weighted by Crippen LogP contribution is -2.14. The summed E-state index contributed by atoms with van der Waals surface area (Å²) in [5, 5.41) is 6.23. The fraction of sp³-hybridized carbons (Fsp3) is 0.182. The van der Waals surface area contributed by atoms with Crippen LogP contribution in [0.4, 0.5) is 11.5 Å². The van der Waals surface area contributed by atoms with Gasteiger partial charge in [-0.05, 0) is 47.9 Å². The summed E-state index contributed by atoms with van der Waals surface area (Å²) in [7, 11) is 1.65. The summed E-state index contributed by atoms with van der Waals surface area (Å²) >= 11 is 0.